The quantitative estimate of drug-likeness (QED) is 0.548. The minimum atomic E-state index is -0.519. The van der Waals surface area contributed by atoms with E-state index in [4.69, 9.17) is 16.2 Å². The highest BCUT2D eigenvalue weighted by Gasteiger charge is 2.13. The first kappa shape index (κ1) is 17.4. The van der Waals surface area contributed by atoms with E-state index in [1.165, 1.54) is 0 Å². The van der Waals surface area contributed by atoms with Gasteiger partial charge in [0.05, 0.1) is 5.56 Å². The number of amides is 1. The van der Waals surface area contributed by atoms with Gasteiger partial charge in [0.1, 0.15) is 5.75 Å². The molecule has 0 radical (unpaired) electrons. The summed E-state index contributed by atoms with van der Waals surface area (Å²) in [6.07, 6.45) is 0. The minimum Gasteiger partial charge on any atom is -0.423 e. The van der Waals surface area contributed by atoms with Crippen LogP contribution < -0.4 is 16.2 Å². The topological polar surface area (TPSA) is 95.4 Å². The standard InChI is InChI=1S/C21H18N2O3/c22-13-17-10-9-15(20(23)24)12-19(17)14-5-4-6-16(11-14)21(25)26-18-7-2-1-3-8-18/h1-12H,13,22H2,(H2,23,24). The molecule has 130 valence electrons. The Balaban J connectivity index is 1.96. The third-order valence-corrected chi connectivity index (χ3v) is 3.98. The number of nitrogens with two attached hydrogens (primary N) is 2. The molecular weight excluding hydrogens is 328 g/mol. The maximum absolute atomic E-state index is 12.4. The normalized spacial score (nSPS) is 10.3. The van der Waals surface area contributed by atoms with Gasteiger partial charge in [0.15, 0.2) is 0 Å². The van der Waals surface area contributed by atoms with Gasteiger partial charge in [-0.05, 0) is 53.1 Å². The lowest BCUT2D eigenvalue weighted by atomic mass is 9.96. The molecule has 3 aromatic carbocycles. The summed E-state index contributed by atoms with van der Waals surface area (Å²) < 4.78 is 5.37. The fraction of sp³-hybridized carbons (Fsp3) is 0.0476. The highest BCUT2D eigenvalue weighted by atomic mass is 16.5. The Kier molecular flexibility index (Phi) is 5.10. The molecule has 5 heteroatoms. The maximum Gasteiger partial charge on any atom is 0.343 e. The van der Waals surface area contributed by atoms with Crippen molar-refractivity contribution in [2.75, 3.05) is 0 Å². The summed E-state index contributed by atoms with van der Waals surface area (Å²) in [7, 11) is 0. The Bertz CT molecular complexity index is 952. The highest BCUT2D eigenvalue weighted by molar-refractivity contribution is 5.95. The molecule has 0 bridgehead atoms. The van der Waals surface area contributed by atoms with Crippen LogP contribution in [0.5, 0.6) is 5.75 Å². The summed E-state index contributed by atoms with van der Waals surface area (Å²) in [5, 5.41) is 0. The highest BCUT2D eigenvalue weighted by Crippen LogP contribution is 2.26. The molecule has 3 aromatic rings. The van der Waals surface area contributed by atoms with Gasteiger partial charge in [0, 0.05) is 12.1 Å². The van der Waals surface area contributed by atoms with Crippen LogP contribution in [0.4, 0.5) is 0 Å². The first-order chi connectivity index (χ1) is 12.6. The largest absolute Gasteiger partial charge is 0.423 e. The number of esters is 1. The van der Waals surface area contributed by atoms with E-state index in [0.717, 1.165) is 16.7 Å². The third-order valence-electron chi connectivity index (χ3n) is 3.98. The second-order valence-electron chi connectivity index (χ2n) is 5.72. The van der Waals surface area contributed by atoms with E-state index in [0.29, 0.717) is 23.4 Å². The predicted octanol–water partition coefficient (Wildman–Crippen LogP) is 3.13. The number of hydrogen-bond donors (Lipinski definition) is 2. The lowest BCUT2D eigenvalue weighted by Crippen LogP contribution is -2.12. The van der Waals surface area contributed by atoms with Gasteiger partial charge in [-0.2, -0.15) is 0 Å². The fourth-order valence-corrected chi connectivity index (χ4v) is 2.64. The van der Waals surface area contributed by atoms with E-state index in [1.54, 1.807) is 60.7 Å². The number of carbonyl (C=O) groups excluding carboxylic acids is 2. The number of benzene rings is 3. The van der Waals surface area contributed by atoms with E-state index >= 15 is 0 Å². The lowest BCUT2D eigenvalue weighted by Gasteiger charge is -2.11. The number of carbonyl (C=O) groups is 2. The van der Waals surface area contributed by atoms with E-state index in [9.17, 15) is 9.59 Å². The van der Waals surface area contributed by atoms with Gasteiger partial charge in [-0.15, -0.1) is 0 Å². The van der Waals surface area contributed by atoms with Crippen molar-refractivity contribution in [1.82, 2.24) is 0 Å². The predicted molar refractivity (Wildman–Crippen MR) is 99.7 cm³/mol. The zero-order valence-corrected chi connectivity index (χ0v) is 14.0. The van der Waals surface area contributed by atoms with Crippen molar-refractivity contribution in [3.8, 4) is 16.9 Å². The molecule has 0 fully saturated rings. The average molecular weight is 346 g/mol. The average Bonchev–Trinajstić information content (AvgIpc) is 2.68. The maximum atomic E-state index is 12.4. The van der Waals surface area contributed by atoms with Crippen LogP contribution in [0.3, 0.4) is 0 Å². The molecule has 0 aliphatic carbocycles. The van der Waals surface area contributed by atoms with Gasteiger partial charge in [-0.25, -0.2) is 4.79 Å². The Morgan fingerprint density at radius 1 is 0.846 bits per heavy atom. The van der Waals surface area contributed by atoms with E-state index in [-0.39, 0.29) is 0 Å². The molecular formula is C21H18N2O3. The number of primary amides is 1. The van der Waals surface area contributed by atoms with Crippen molar-refractivity contribution < 1.29 is 14.3 Å². The molecule has 26 heavy (non-hydrogen) atoms. The minimum absolute atomic E-state index is 0.299. The Morgan fingerprint density at radius 2 is 1.62 bits per heavy atom. The Morgan fingerprint density at radius 3 is 2.31 bits per heavy atom. The molecule has 0 unspecified atom stereocenters. The monoisotopic (exact) mass is 346 g/mol. The van der Waals surface area contributed by atoms with Crippen molar-refractivity contribution in [2.45, 2.75) is 6.54 Å². The van der Waals surface area contributed by atoms with Crippen LogP contribution in [0.25, 0.3) is 11.1 Å². The number of hydrogen-bond acceptors (Lipinski definition) is 4. The molecule has 0 saturated carbocycles. The van der Waals surface area contributed by atoms with Crippen molar-refractivity contribution in [3.05, 3.63) is 89.5 Å². The molecule has 0 spiro atoms. The van der Waals surface area contributed by atoms with Crippen LogP contribution in [0.1, 0.15) is 26.3 Å². The molecule has 0 heterocycles. The van der Waals surface area contributed by atoms with E-state index in [2.05, 4.69) is 0 Å². The first-order valence-electron chi connectivity index (χ1n) is 8.09. The van der Waals surface area contributed by atoms with Crippen molar-refractivity contribution in [3.63, 3.8) is 0 Å². The zero-order valence-electron chi connectivity index (χ0n) is 14.0. The molecule has 0 aliphatic heterocycles. The van der Waals surface area contributed by atoms with Gasteiger partial charge >= 0.3 is 5.97 Å². The SMILES string of the molecule is NCc1ccc(C(N)=O)cc1-c1cccc(C(=O)Oc2ccccc2)c1. The van der Waals surface area contributed by atoms with Gasteiger partial charge in [-0.1, -0.05) is 36.4 Å². The number of ether oxygens (including phenoxy) is 1. The van der Waals surface area contributed by atoms with Crippen LogP contribution in [0.2, 0.25) is 0 Å². The van der Waals surface area contributed by atoms with Crippen LogP contribution in [0.15, 0.2) is 72.8 Å². The second kappa shape index (κ2) is 7.63. The second-order valence-corrected chi connectivity index (χ2v) is 5.72. The zero-order chi connectivity index (χ0) is 18.5. The van der Waals surface area contributed by atoms with Crippen molar-refractivity contribution in [1.29, 1.82) is 0 Å². The molecule has 3 rings (SSSR count). The van der Waals surface area contributed by atoms with Gasteiger partial charge in [0.2, 0.25) is 5.91 Å². The molecule has 0 aromatic heterocycles. The number of para-hydroxylation sites is 1. The molecule has 5 nitrogen and oxygen atoms in total. The third kappa shape index (κ3) is 3.79. The van der Waals surface area contributed by atoms with Gasteiger partial charge < -0.3 is 16.2 Å². The van der Waals surface area contributed by atoms with E-state index < -0.39 is 11.9 Å². The lowest BCUT2D eigenvalue weighted by molar-refractivity contribution is 0.0734. The molecule has 0 saturated heterocycles. The van der Waals surface area contributed by atoms with Gasteiger partial charge in [-0.3, -0.25) is 4.79 Å². The smallest absolute Gasteiger partial charge is 0.343 e. The summed E-state index contributed by atoms with van der Waals surface area (Å²) in [5.41, 5.74) is 14.3. The number of rotatable bonds is 5. The van der Waals surface area contributed by atoms with Crippen LogP contribution in [-0.2, 0) is 6.54 Å². The first-order valence-corrected chi connectivity index (χ1v) is 8.09. The summed E-state index contributed by atoms with van der Waals surface area (Å²) in [6.45, 7) is 0.299. The summed E-state index contributed by atoms with van der Waals surface area (Å²) in [5.74, 6) is -0.505. The Hall–Kier alpha value is -3.44. The van der Waals surface area contributed by atoms with Crippen LogP contribution in [-0.4, -0.2) is 11.9 Å². The molecule has 4 N–H and O–H groups in total. The van der Waals surface area contributed by atoms with E-state index in [1.807, 2.05) is 12.1 Å². The molecule has 0 atom stereocenters. The molecule has 1 amide bonds. The summed E-state index contributed by atoms with van der Waals surface area (Å²) in [6, 6.07) is 20.9. The summed E-state index contributed by atoms with van der Waals surface area (Å²) >= 11 is 0. The van der Waals surface area contributed by atoms with Crippen LogP contribution in [0, 0.1) is 0 Å². The summed E-state index contributed by atoms with van der Waals surface area (Å²) in [4.78, 5) is 23.9. The van der Waals surface area contributed by atoms with Crippen molar-refractivity contribution in [2.24, 2.45) is 11.5 Å². The van der Waals surface area contributed by atoms with Crippen molar-refractivity contribution >= 4 is 11.9 Å². The van der Waals surface area contributed by atoms with Crippen LogP contribution >= 0.6 is 0 Å². The molecule has 0 aliphatic rings. The fourth-order valence-electron chi connectivity index (χ4n) is 2.64. The van der Waals surface area contributed by atoms with Gasteiger partial charge in [0.25, 0.3) is 0 Å². The Labute approximate surface area is 151 Å².